The fraction of sp³-hybridized carbons (Fsp3) is 0.286. The number of benzene rings is 1. The van der Waals surface area contributed by atoms with Crippen molar-refractivity contribution in [2.45, 2.75) is 18.9 Å². The number of hydrogen-bond acceptors (Lipinski definition) is 3. The van der Waals surface area contributed by atoms with Crippen LogP contribution in [0.5, 0.6) is 0 Å². The van der Waals surface area contributed by atoms with E-state index in [1.54, 1.807) is 0 Å². The molecule has 0 saturated carbocycles. The third kappa shape index (κ3) is 2.26. The van der Waals surface area contributed by atoms with Crippen LogP contribution >= 0.6 is 22.9 Å². The van der Waals surface area contributed by atoms with Crippen molar-refractivity contribution in [3.8, 4) is 0 Å². The minimum absolute atomic E-state index is 0.472. The van der Waals surface area contributed by atoms with E-state index < -0.39 is 6.10 Å². The molecule has 0 aliphatic carbocycles. The summed E-state index contributed by atoms with van der Waals surface area (Å²) in [6, 6.07) is 9.99. The molecule has 1 aromatic heterocycles. The van der Waals surface area contributed by atoms with E-state index in [0.717, 1.165) is 33.4 Å². The van der Waals surface area contributed by atoms with Gasteiger partial charge in [0.1, 0.15) is 0 Å². The zero-order chi connectivity index (χ0) is 12.5. The third-order valence-electron chi connectivity index (χ3n) is 3.26. The van der Waals surface area contributed by atoms with Crippen molar-refractivity contribution in [3.63, 3.8) is 0 Å². The van der Waals surface area contributed by atoms with Gasteiger partial charge in [0.25, 0.3) is 0 Å². The van der Waals surface area contributed by atoms with E-state index in [1.165, 1.54) is 16.9 Å². The molecule has 2 aromatic rings. The number of aliphatic hydroxyl groups excluding tert-OH is 1. The highest BCUT2D eigenvalue weighted by Gasteiger charge is 2.19. The normalized spacial score (nSPS) is 15.2. The second-order valence-corrected chi connectivity index (χ2v) is 6.28. The van der Waals surface area contributed by atoms with Gasteiger partial charge in [-0.25, -0.2) is 0 Å². The van der Waals surface area contributed by atoms with Crippen molar-refractivity contribution >= 4 is 28.6 Å². The van der Waals surface area contributed by atoms with Gasteiger partial charge in [0.2, 0.25) is 0 Å². The zero-order valence-corrected chi connectivity index (χ0v) is 11.4. The minimum Gasteiger partial charge on any atom is -0.388 e. The van der Waals surface area contributed by atoms with Gasteiger partial charge in [-0.05, 0) is 24.1 Å². The van der Waals surface area contributed by atoms with Crippen LogP contribution in [-0.2, 0) is 12.8 Å². The van der Waals surface area contributed by atoms with Crippen LogP contribution in [0, 0.1) is 0 Å². The van der Waals surface area contributed by atoms with Crippen molar-refractivity contribution in [1.29, 1.82) is 0 Å². The van der Waals surface area contributed by atoms with Crippen molar-refractivity contribution in [3.05, 3.63) is 50.7 Å². The van der Waals surface area contributed by atoms with Gasteiger partial charge in [-0.15, -0.1) is 11.3 Å². The molecule has 0 amide bonds. The number of aliphatic hydroxyl groups is 1. The van der Waals surface area contributed by atoms with E-state index in [9.17, 15) is 5.11 Å². The highest BCUT2D eigenvalue weighted by atomic mass is 35.5. The summed E-state index contributed by atoms with van der Waals surface area (Å²) in [5.41, 5.74) is 3.41. The molecule has 1 unspecified atom stereocenters. The summed E-state index contributed by atoms with van der Waals surface area (Å²) in [4.78, 5) is 1.11. The van der Waals surface area contributed by atoms with Gasteiger partial charge in [0.15, 0.2) is 0 Å². The first-order valence-corrected chi connectivity index (χ1v) is 7.21. The Labute approximate surface area is 115 Å². The number of nitrogens with one attached hydrogen (secondary N) is 1. The Morgan fingerprint density at radius 3 is 3.00 bits per heavy atom. The van der Waals surface area contributed by atoms with E-state index >= 15 is 0 Å². The molecule has 2 N–H and O–H groups in total. The number of anilines is 1. The molecule has 1 aliphatic heterocycles. The summed E-state index contributed by atoms with van der Waals surface area (Å²) in [6.07, 6.45) is 1.19. The van der Waals surface area contributed by atoms with E-state index in [2.05, 4.69) is 11.4 Å². The summed E-state index contributed by atoms with van der Waals surface area (Å²) in [5.74, 6) is 0. The third-order valence-corrected chi connectivity index (χ3v) is 4.51. The number of rotatable bonds is 3. The molecule has 0 saturated heterocycles. The lowest BCUT2D eigenvalue weighted by Gasteiger charge is -2.14. The molecule has 1 atom stereocenters. The van der Waals surface area contributed by atoms with Crippen LogP contribution in [0.3, 0.4) is 0 Å². The monoisotopic (exact) mass is 279 g/mol. The van der Waals surface area contributed by atoms with Crippen LogP contribution in [0.2, 0.25) is 4.34 Å². The van der Waals surface area contributed by atoms with E-state index in [4.69, 9.17) is 11.6 Å². The average molecular weight is 280 g/mol. The fourth-order valence-electron chi connectivity index (χ4n) is 2.41. The van der Waals surface area contributed by atoms with Gasteiger partial charge >= 0.3 is 0 Å². The Morgan fingerprint density at radius 1 is 1.33 bits per heavy atom. The maximum absolute atomic E-state index is 10.4. The number of para-hydroxylation sites is 1. The molecular formula is C14H14ClNOS. The molecule has 1 aliphatic rings. The first kappa shape index (κ1) is 12.0. The molecule has 0 fully saturated rings. The van der Waals surface area contributed by atoms with E-state index in [1.807, 2.05) is 24.3 Å². The molecule has 18 heavy (non-hydrogen) atoms. The SMILES string of the molecule is OC(Cc1ccc(Cl)s1)c1cccc2c1NCC2. The largest absolute Gasteiger partial charge is 0.388 e. The Bertz CT molecular complexity index is 567. The van der Waals surface area contributed by atoms with Gasteiger partial charge in [-0.3, -0.25) is 0 Å². The maximum Gasteiger partial charge on any atom is 0.0931 e. The van der Waals surface area contributed by atoms with Gasteiger partial charge in [-0.1, -0.05) is 29.8 Å². The van der Waals surface area contributed by atoms with Gasteiger partial charge < -0.3 is 10.4 Å². The van der Waals surface area contributed by atoms with Crippen LogP contribution in [0.15, 0.2) is 30.3 Å². The quantitative estimate of drug-likeness (QED) is 0.899. The highest BCUT2D eigenvalue weighted by molar-refractivity contribution is 7.16. The molecule has 1 aromatic carbocycles. The summed E-state index contributed by atoms with van der Waals surface area (Å²) < 4.78 is 0.772. The lowest BCUT2D eigenvalue weighted by atomic mass is 10.0. The fourth-order valence-corrected chi connectivity index (χ4v) is 3.53. The smallest absolute Gasteiger partial charge is 0.0931 e. The maximum atomic E-state index is 10.4. The first-order valence-electron chi connectivity index (χ1n) is 6.02. The molecule has 94 valence electrons. The van der Waals surface area contributed by atoms with Crippen LogP contribution in [-0.4, -0.2) is 11.7 Å². The van der Waals surface area contributed by atoms with Crippen LogP contribution in [0.4, 0.5) is 5.69 Å². The lowest BCUT2D eigenvalue weighted by Crippen LogP contribution is -2.04. The molecule has 2 nitrogen and oxygen atoms in total. The molecule has 0 radical (unpaired) electrons. The van der Waals surface area contributed by atoms with Crippen molar-refractivity contribution in [1.82, 2.24) is 0 Å². The number of thiophene rings is 1. The first-order chi connectivity index (χ1) is 8.74. The topological polar surface area (TPSA) is 32.3 Å². The Morgan fingerprint density at radius 2 is 2.22 bits per heavy atom. The number of hydrogen-bond donors (Lipinski definition) is 2. The van der Waals surface area contributed by atoms with Gasteiger partial charge in [-0.2, -0.15) is 0 Å². The van der Waals surface area contributed by atoms with Crippen LogP contribution < -0.4 is 5.32 Å². The molecule has 4 heteroatoms. The zero-order valence-electron chi connectivity index (χ0n) is 9.82. The van der Waals surface area contributed by atoms with E-state index in [0.29, 0.717) is 6.42 Å². The van der Waals surface area contributed by atoms with Crippen molar-refractivity contribution < 1.29 is 5.11 Å². The standard InChI is InChI=1S/C14H14ClNOS/c15-13-5-4-10(18-13)8-12(17)11-3-1-2-9-6-7-16-14(9)11/h1-5,12,16-17H,6-8H2. The molecule has 0 spiro atoms. The second-order valence-electron chi connectivity index (χ2n) is 4.48. The summed E-state index contributed by atoms with van der Waals surface area (Å²) in [5, 5.41) is 13.7. The Hall–Kier alpha value is -1.03. The predicted octanol–water partition coefficient (Wildman–Crippen LogP) is 3.65. The van der Waals surface area contributed by atoms with Gasteiger partial charge in [0, 0.05) is 29.1 Å². The van der Waals surface area contributed by atoms with Crippen LogP contribution in [0.25, 0.3) is 0 Å². The predicted molar refractivity (Wildman–Crippen MR) is 76.6 cm³/mol. The molecular weight excluding hydrogens is 266 g/mol. The number of fused-ring (bicyclic) bond motifs is 1. The molecule has 0 bridgehead atoms. The minimum atomic E-state index is -0.472. The molecule has 2 heterocycles. The summed E-state index contributed by atoms with van der Waals surface area (Å²) in [7, 11) is 0. The lowest BCUT2D eigenvalue weighted by molar-refractivity contribution is 0.180. The Kier molecular flexibility index (Phi) is 3.29. The molecule has 3 rings (SSSR count). The number of halogens is 1. The van der Waals surface area contributed by atoms with E-state index in [-0.39, 0.29) is 0 Å². The second kappa shape index (κ2) is 4.92. The summed E-state index contributed by atoms with van der Waals surface area (Å²) >= 11 is 7.44. The average Bonchev–Trinajstić information content (AvgIpc) is 2.97. The summed E-state index contributed by atoms with van der Waals surface area (Å²) in [6.45, 7) is 0.962. The highest BCUT2D eigenvalue weighted by Crippen LogP contribution is 2.33. The van der Waals surface area contributed by atoms with Crippen molar-refractivity contribution in [2.24, 2.45) is 0 Å². The van der Waals surface area contributed by atoms with Gasteiger partial charge in [0.05, 0.1) is 10.4 Å². The van der Waals surface area contributed by atoms with Crippen LogP contribution in [0.1, 0.15) is 22.1 Å². The Balaban J connectivity index is 1.84. The van der Waals surface area contributed by atoms with Crippen molar-refractivity contribution in [2.75, 3.05) is 11.9 Å².